The van der Waals surface area contributed by atoms with Crippen molar-refractivity contribution in [3.63, 3.8) is 0 Å². The van der Waals surface area contributed by atoms with Gasteiger partial charge in [0.25, 0.3) is 10.0 Å². The van der Waals surface area contributed by atoms with E-state index in [2.05, 4.69) is 5.32 Å². The van der Waals surface area contributed by atoms with Crippen LogP contribution in [0.1, 0.15) is 31.4 Å². The first-order chi connectivity index (χ1) is 24.4. The third-order valence-electron chi connectivity index (χ3n) is 8.39. The van der Waals surface area contributed by atoms with Gasteiger partial charge in [0.05, 0.1) is 39.0 Å². The van der Waals surface area contributed by atoms with Gasteiger partial charge < -0.3 is 29.2 Å². The molecule has 2 amide bonds. The Hall–Kier alpha value is -4.94. The van der Waals surface area contributed by atoms with Gasteiger partial charge in [-0.2, -0.15) is 0 Å². The Morgan fingerprint density at radius 1 is 0.784 bits per heavy atom. The smallest absolute Gasteiger partial charge is 0.265 e. The quantitative estimate of drug-likeness (QED) is 0.138. The molecule has 13 heteroatoms. The molecule has 0 aromatic heterocycles. The average molecular weight is 738 g/mol. The van der Waals surface area contributed by atoms with Crippen LogP contribution in [0.4, 0.5) is 5.69 Å². The lowest BCUT2D eigenvalue weighted by molar-refractivity contribution is -0.140. The molecule has 0 aliphatic carbocycles. The van der Waals surface area contributed by atoms with E-state index in [4.69, 9.17) is 30.5 Å². The van der Waals surface area contributed by atoms with E-state index in [0.29, 0.717) is 28.5 Å². The number of methoxy groups -OCH3 is 4. The first-order valence-electron chi connectivity index (χ1n) is 16.3. The molecule has 51 heavy (non-hydrogen) atoms. The summed E-state index contributed by atoms with van der Waals surface area (Å²) in [4.78, 5) is 30.2. The maximum atomic E-state index is 14.9. The summed E-state index contributed by atoms with van der Waals surface area (Å²) in [5.41, 5.74) is 1.51. The number of rotatable bonds is 17. The topological polar surface area (TPSA) is 124 Å². The number of carbonyl (C=O) groups is 2. The van der Waals surface area contributed by atoms with Gasteiger partial charge in [0.1, 0.15) is 24.1 Å². The monoisotopic (exact) mass is 737 g/mol. The second-order valence-electron chi connectivity index (χ2n) is 11.7. The van der Waals surface area contributed by atoms with E-state index in [0.717, 1.165) is 9.87 Å². The zero-order valence-electron chi connectivity index (χ0n) is 29.6. The van der Waals surface area contributed by atoms with E-state index in [1.807, 2.05) is 44.2 Å². The number of anilines is 1. The van der Waals surface area contributed by atoms with Gasteiger partial charge in [-0.15, -0.1) is 0 Å². The number of amides is 2. The lowest BCUT2D eigenvalue weighted by atomic mass is 10.0. The van der Waals surface area contributed by atoms with E-state index in [1.54, 1.807) is 36.4 Å². The predicted molar refractivity (Wildman–Crippen MR) is 197 cm³/mol. The van der Waals surface area contributed by atoms with Crippen molar-refractivity contribution in [2.45, 2.75) is 50.2 Å². The Morgan fingerprint density at radius 2 is 1.45 bits per heavy atom. The van der Waals surface area contributed by atoms with Crippen LogP contribution in [-0.4, -0.2) is 72.2 Å². The van der Waals surface area contributed by atoms with E-state index in [1.165, 1.54) is 57.6 Å². The van der Waals surface area contributed by atoms with Gasteiger partial charge in [0, 0.05) is 36.2 Å². The molecule has 0 spiro atoms. The molecule has 1 N–H and O–H groups in total. The number of benzene rings is 4. The van der Waals surface area contributed by atoms with Crippen LogP contribution >= 0.6 is 11.6 Å². The van der Waals surface area contributed by atoms with E-state index in [-0.39, 0.29) is 47.0 Å². The molecule has 2 atom stereocenters. The molecule has 0 unspecified atom stereocenters. The van der Waals surface area contributed by atoms with Crippen molar-refractivity contribution in [1.29, 1.82) is 0 Å². The molecule has 4 aromatic carbocycles. The van der Waals surface area contributed by atoms with Gasteiger partial charge in [0.2, 0.25) is 11.8 Å². The van der Waals surface area contributed by atoms with Crippen LogP contribution in [0, 0.1) is 0 Å². The van der Waals surface area contributed by atoms with Crippen molar-refractivity contribution in [3.8, 4) is 23.0 Å². The summed E-state index contributed by atoms with van der Waals surface area (Å²) in [6.07, 6.45) is 0.833. The minimum Gasteiger partial charge on any atom is -0.497 e. The summed E-state index contributed by atoms with van der Waals surface area (Å²) in [5.74, 6) is -0.0294. The number of sulfonamides is 1. The number of nitrogens with zero attached hydrogens (tertiary/aromatic N) is 2. The largest absolute Gasteiger partial charge is 0.497 e. The van der Waals surface area contributed by atoms with Crippen LogP contribution in [0.15, 0.2) is 95.9 Å². The SMILES string of the molecule is CC[C@H](C)NC(=O)[C@@H](Cc1ccccc1)N(Cc1cccc(Cl)c1)C(=O)CN(c1cc(OC)ccc1OC)S(=O)(=O)c1ccc(OC)c(OC)c1. The maximum absolute atomic E-state index is 14.9. The molecule has 0 saturated heterocycles. The minimum atomic E-state index is -4.51. The molecule has 0 aliphatic rings. The van der Waals surface area contributed by atoms with Gasteiger partial charge in [-0.25, -0.2) is 8.42 Å². The van der Waals surface area contributed by atoms with Crippen molar-refractivity contribution in [1.82, 2.24) is 10.2 Å². The molecule has 272 valence electrons. The first-order valence-corrected chi connectivity index (χ1v) is 18.1. The van der Waals surface area contributed by atoms with Gasteiger partial charge in [0.15, 0.2) is 11.5 Å². The Morgan fingerprint density at radius 3 is 2.08 bits per heavy atom. The number of carbonyl (C=O) groups excluding carboxylic acids is 2. The molecule has 0 heterocycles. The van der Waals surface area contributed by atoms with Crippen LogP contribution in [0.25, 0.3) is 0 Å². The molecule has 0 fully saturated rings. The molecular formula is C38H44ClN3O8S. The number of hydrogen-bond acceptors (Lipinski definition) is 8. The van der Waals surface area contributed by atoms with E-state index in [9.17, 15) is 18.0 Å². The number of nitrogens with one attached hydrogen (secondary N) is 1. The predicted octanol–water partition coefficient (Wildman–Crippen LogP) is 6.12. The highest BCUT2D eigenvalue weighted by molar-refractivity contribution is 7.92. The molecular weight excluding hydrogens is 694 g/mol. The third-order valence-corrected chi connectivity index (χ3v) is 10.4. The lowest BCUT2D eigenvalue weighted by Crippen LogP contribution is -2.54. The van der Waals surface area contributed by atoms with Crippen LogP contribution < -0.4 is 28.6 Å². The van der Waals surface area contributed by atoms with E-state index < -0.39 is 28.5 Å². The summed E-state index contributed by atoms with van der Waals surface area (Å²) >= 11 is 6.35. The Bertz CT molecular complexity index is 1910. The van der Waals surface area contributed by atoms with Gasteiger partial charge in [-0.3, -0.25) is 13.9 Å². The van der Waals surface area contributed by atoms with Gasteiger partial charge >= 0.3 is 0 Å². The number of ether oxygens (including phenoxy) is 4. The normalized spacial score (nSPS) is 12.3. The van der Waals surface area contributed by atoms with Crippen LogP contribution in [0.3, 0.4) is 0 Å². The number of halogens is 1. The fourth-order valence-corrected chi connectivity index (χ4v) is 7.08. The van der Waals surface area contributed by atoms with E-state index >= 15 is 0 Å². The lowest BCUT2D eigenvalue weighted by Gasteiger charge is -2.34. The zero-order chi connectivity index (χ0) is 37.1. The zero-order valence-corrected chi connectivity index (χ0v) is 31.2. The van der Waals surface area contributed by atoms with Crippen molar-refractivity contribution < 1.29 is 37.0 Å². The second-order valence-corrected chi connectivity index (χ2v) is 14.0. The molecule has 0 saturated carbocycles. The highest BCUT2D eigenvalue weighted by atomic mass is 35.5. The first kappa shape index (κ1) is 38.9. The minimum absolute atomic E-state index is 0.0374. The second kappa shape index (κ2) is 17.8. The molecule has 4 aromatic rings. The third kappa shape index (κ3) is 9.65. The van der Waals surface area contributed by atoms with Crippen molar-refractivity contribution in [3.05, 3.63) is 107 Å². The summed E-state index contributed by atoms with van der Waals surface area (Å²) in [6.45, 7) is 3.09. The fraction of sp³-hybridized carbons (Fsp3) is 0.316. The Labute approximate surface area is 305 Å². The molecule has 4 rings (SSSR count). The van der Waals surface area contributed by atoms with Crippen molar-refractivity contribution in [2.75, 3.05) is 39.3 Å². The Balaban J connectivity index is 1.90. The molecule has 0 bridgehead atoms. The number of hydrogen-bond donors (Lipinski definition) is 1. The van der Waals surface area contributed by atoms with Crippen LogP contribution in [0.2, 0.25) is 5.02 Å². The summed E-state index contributed by atoms with van der Waals surface area (Å²) in [7, 11) is 1.17. The molecule has 0 aliphatic heterocycles. The Kier molecular flexibility index (Phi) is 13.6. The van der Waals surface area contributed by atoms with Gasteiger partial charge in [-0.1, -0.05) is 61.0 Å². The summed E-state index contributed by atoms with van der Waals surface area (Å²) in [5, 5.41) is 3.47. The standard InChI is InChI=1S/C38H44ClN3O8S/c1-7-26(2)40-38(44)33(21-27-12-9-8-10-13-27)41(24-28-14-11-15-29(39)20-28)37(43)25-42(32-22-30(47-3)16-18-34(32)48-4)51(45,46)31-17-19-35(49-5)36(23-31)50-6/h8-20,22-23,26,33H,7,21,24-25H2,1-6H3,(H,40,44)/t26-,33+/m0/s1. The van der Waals surface area contributed by atoms with Crippen LogP contribution in [0.5, 0.6) is 23.0 Å². The van der Waals surface area contributed by atoms with Crippen molar-refractivity contribution in [2.24, 2.45) is 0 Å². The summed E-state index contributed by atoms with van der Waals surface area (Å²) < 4.78 is 52.1. The summed E-state index contributed by atoms with van der Waals surface area (Å²) in [6, 6.07) is 23.9. The van der Waals surface area contributed by atoms with Crippen LogP contribution in [-0.2, 0) is 32.6 Å². The fourth-order valence-electron chi connectivity index (χ4n) is 5.44. The molecule has 0 radical (unpaired) electrons. The highest BCUT2D eigenvalue weighted by Gasteiger charge is 2.36. The van der Waals surface area contributed by atoms with Gasteiger partial charge in [-0.05, 0) is 60.9 Å². The molecule has 11 nitrogen and oxygen atoms in total. The maximum Gasteiger partial charge on any atom is 0.265 e. The van der Waals surface area contributed by atoms with Crippen molar-refractivity contribution >= 4 is 39.1 Å². The average Bonchev–Trinajstić information content (AvgIpc) is 3.14. The highest BCUT2D eigenvalue weighted by Crippen LogP contribution is 2.38.